The summed E-state index contributed by atoms with van der Waals surface area (Å²) in [5.41, 5.74) is 6.67. The number of nitrogens with one attached hydrogen (secondary N) is 2. The third-order valence-electron chi connectivity index (χ3n) is 3.63. The van der Waals surface area contributed by atoms with E-state index in [0.717, 1.165) is 5.56 Å². The fraction of sp³-hybridized carbons (Fsp3) is 0.158. The van der Waals surface area contributed by atoms with Gasteiger partial charge in [-0.05, 0) is 48.4 Å². The molecule has 0 bridgehead atoms. The first-order valence-corrected chi connectivity index (χ1v) is 7.80. The molecule has 7 nitrogen and oxygen atoms in total. The van der Waals surface area contributed by atoms with E-state index in [2.05, 4.69) is 15.6 Å². The number of nitriles is 1. The van der Waals surface area contributed by atoms with E-state index in [-0.39, 0.29) is 12.4 Å². The molecule has 2 rings (SSSR count). The van der Waals surface area contributed by atoms with Crippen molar-refractivity contribution in [3.8, 4) is 6.07 Å². The predicted octanol–water partition coefficient (Wildman–Crippen LogP) is 1.74. The summed E-state index contributed by atoms with van der Waals surface area (Å²) in [6, 6.07) is 14.7. The summed E-state index contributed by atoms with van der Waals surface area (Å²) >= 11 is 0. The Morgan fingerprint density at radius 3 is 1.88 bits per heavy atom. The van der Waals surface area contributed by atoms with Crippen LogP contribution in [0.2, 0.25) is 0 Å². The zero-order chi connectivity index (χ0) is 18.9. The van der Waals surface area contributed by atoms with Gasteiger partial charge in [-0.1, -0.05) is 12.1 Å². The molecule has 0 atom stereocenters. The Morgan fingerprint density at radius 2 is 1.42 bits per heavy atom. The van der Waals surface area contributed by atoms with Gasteiger partial charge >= 0.3 is 5.97 Å². The largest absolute Gasteiger partial charge is 0.469 e. The molecular formula is C19H17N3O4. The van der Waals surface area contributed by atoms with Gasteiger partial charge < -0.3 is 4.74 Å². The molecule has 0 fully saturated rings. The van der Waals surface area contributed by atoms with Crippen LogP contribution in [0.3, 0.4) is 0 Å². The van der Waals surface area contributed by atoms with E-state index in [4.69, 9.17) is 5.26 Å². The Kier molecular flexibility index (Phi) is 6.46. The van der Waals surface area contributed by atoms with Crippen molar-refractivity contribution in [1.82, 2.24) is 10.9 Å². The Bertz CT molecular complexity index is 837. The summed E-state index contributed by atoms with van der Waals surface area (Å²) in [6.07, 6.45) is 0.784. The van der Waals surface area contributed by atoms with Gasteiger partial charge in [0.05, 0.1) is 18.7 Å². The summed E-state index contributed by atoms with van der Waals surface area (Å²) in [5.74, 6) is -1.25. The standard InChI is InChI=1S/C19H17N3O4/c1-26-17(23)11-6-13-2-7-15(8-3-13)18(24)21-22-19(25)16-9-4-14(12-20)5-10-16/h2-5,7-10H,6,11H2,1H3,(H,21,24)(H,22,25). The van der Waals surface area contributed by atoms with Crippen LogP contribution in [0.25, 0.3) is 0 Å². The maximum Gasteiger partial charge on any atom is 0.305 e. The summed E-state index contributed by atoms with van der Waals surface area (Å²) < 4.78 is 4.58. The van der Waals surface area contributed by atoms with E-state index in [0.29, 0.717) is 23.1 Å². The van der Waals surface area contributed by atoms with Gasteiger partial charge in [0.1, 0.15) is 0 Å². The summed E-state index contributed by atoms with van der Waals surface area (Å²) in [4.78, 5) is 35.1. The van der Waals surface area contributed by atoms with Gasteiger partial charge in [0.25, 0.3) is 11.8 Å². The lowest BCUT2D eigenvalue weighted by atomic mass is 10.1. The highest BCUT2D eigenvalue weighted by Gasteiger charge is 2.09. The van der Waals surface area contributed by atoms with E-state index in [1.54, 1.807) is 24.3 Å². The summed E-state index contributed by atoms with van der Waals surface area (Å²) in [7, 11) is 1.34. The van der Waals surface area contributed by atoms with Crippen LogP contribution in [0.4, 0.5) is 0 Å². The van der Waals surface area contributed by atoms with Crippen LogP contribution in [0.5, 0.6) is 0 Å². The first kappa shape index (κ1) is 18.7. The maximum absolute atomic E-state index is 12.1. The first-order valence-electron chi connectivity index (χ1n) is 7.80. The number of hydrogen-bond donors (Lipinski definition) is 2. The molecule has 0 saturated carbocycles. The number of aryl methyl sites for hydroxylation is 1. The van der Waals surface area contributed by atoms with Crippen molar-refractivity contribution in [1.29, 1.82) is 5.26 Å². The minimum atomic E-state index is -0.488. The van der Waals surface area contributed by atoms with Gasteiger partial charge in [0.15, 0.2) is 0 Å². The number of benzene rings is 2. The first-order chi connectivity index (χ1) is 12.5. The van der Waals surface area contributed by atoms with E-state index in [1.165, 1.54) is 31.4 Å². The number of hydrogen-bond acceptors (Lipinski definition) is 5. The number of hydrazine groups is 1. The van der Waals surface area contributed by atoms with Crippen LogP contribution in [0.15, 0.2) is 48.5 Å². The Balaban J connectivity index is 1.87. The third kappa shape index (κ3) is 5.18. The topological polar surface area (TPSA) is 108 Å². The minimum Gasteiger partial charge on any atom is -0.469 e. The summed E-state index contributed by atoms with van der Waals surface area (Å²) in [5, 5.41) is 8.73. The zero-order valence-corrected chi connectivity index (χ0v) is 14.1. The number of esters is 1. The van der Waals surface area contributed by atoms with Crippen molar-refractivity contribution in [2.75, 3.05) is 7.11 Å². The third-order valence-corrected chi connectivity index (χ3v) is 3.63. The van der Waals surface area contributed by atoms with Crippen molar-refractivity contribution in [2.45, 2.75) is 12.8 Å². The molecule has 26 heavy (non-hydrogen) atoms. The molecule has 0 radical (unpaired) electrons. The molecule has 0 heterocycles. The van der Waals surface area contributed by atoms with Gasteiger partial charge in [-0.2, -0.15) is 5.26 Å². The molecule has 0 saturated heterocycles. The number of carbonyl (C=O) groups excluding carboxylic acids is 3. The van der Waals surface area contributed by atoms with Crippen molar-refractivity contribution in [3.05, 3.63) is 70.8 Å². The van der Waals surface area contributed by atoms with Gasteiger partial charge in [-0.3, -0.25) is 25.2 Å². The van der Waals surface area contributed by atoms with Gasteiger partial charge in [-0.15, -0.1) is 0 Å². The normalized spacial score (nSPS) is 9.69. The fourth-order valence-electron chi connectivity index (χ4n) is 2.13. The van der Waals surface area contributed by atoms with Crippen molar-refractivity contribution in [3.63, 3.8) is 0 Å². The Labute approximate surface area is 150 Å². The lowest BCUT2D eigenvalue weighted by Crippen LogP contribution is -2.41. The van der Waals surface area contributed by atoms with E-state index in [9.17, 15) is 14.4 Å². The molecule has 0 aliphatic heterocycles. The van der Waals surface area contributed by atoms with Crippen molar-refractivity contribution in [2.24, 2.45) is 0 Å². The number of carbonyl (C=O) groups is 3. The second kappa shape index (κ2) is 8.99. The molecule has 2 amide bonds. The number of methoxy groups -OCH3 is 1. The number of nitrogens with zero attached hydrogens (tertiary/aromatic N) is 1. The molecule has 0 aliphatic rings. The van der Waals surface area contributed by atoms with Gasteiger partial charge in [0.2, 0.25) is 0 Å². The average Bonchev–Trinajstić information content (AvgIpc) is 2.70. The highest BCUT2D eigenvalue weighted by molar-refractivity contribution is 5.99. The Morgan fingerprint density at radius 1 is 0.923 bits per heavy atom. The lowest BCUT2D eigenvalue weighted by molar-refractivity contribution is -0.140. The monoisotopic (exact) mass is 351 g/mol. The predicted molar refractivity (Wildman–Crippen MR) is 92.9 cm³/mol. The molecule has 2 aromatic rings. The van der Waals surface area contributed by atoms with Crippen molar-refractivity contribution >= 4 is 17.8 Å². The molecule has 2 aromatic carbocycles. The van der Waals surface area contributed by atoms with Crippen molar-refractivity contribution < 1.29 is 19.1 Å². The quantitative estimate of drug-likeness (QED) is 0.630. The average molecular weight is 351 g/mol. The van der Waals surface area contributed by atoms with E-state index in [1.807, 2.05) is 6.07 Å². The number of amides is 2. The molecule has 0 unspecified atom stereocenters. The van der Waals surface area contributed by atoms with Crippen LogP contribution in [-0.4, -0.2) is 24.9 Å². The van der Waals surface area contributed by atoms with Crippen LogP contribution in [0, 0.1) is 11.3 Å². The lowest BCUT2D eigenvalue weighted by Gasteiger charge is -2.08. The fourth-order valence-corrected chi connectivity index (χ4v) is 2.13. The molecule has 0 aliphatic carbocycles. The molecule has 0 aromatic heterocycles. The van der Waals surface area contributed by atoms with Crippen LogP contribution in [-0.2, 0) is 16.0 Å². The molecule has 2 N–H and O–H groups in total. The second-order valence-corrected chi connectivity index (χ2v) is 5.37. The smallest absolute Gasteiger partial charge is 0.305 e. The van der Waals surface area contributed by atoms with Crippen LogP contribution >= 0.6 is 0 Å². The van der Waals surface area contributed by atoms with Crippen LogP contribution < -0.4 is 10.9 Å². The maximum atomic E-state index is 12.1. The highest BCUT2D eigenvalue weighted by atomic mass is 16.5. The van der Waals surface area contributed by atoms with Crippen LogP contribution in [0.1, 0.15) is 38.3 Å². The SMILES string of the molecule is COC(=O)CCc1ccc(C(=O)NNC(=O)c2ccc(C#N)cc2)cc1. The highest BCUT2D eigenvalue weighted by Crippen LogP contribution is 2.07. The molecule has 0 spiro atoms. The number of ether oxygens (including phenoxy) is 1. The minimum absolute atomic E-state index is 0.267. The zero-order valence-electron chi connectivity index (χ0n) is 14.1. The summed E-state index contributed by atoms with van der Waals surface area (Å²) in [6.45, 7) is 0. The second-order valence-electron chi connectivity index (χ2n) is 5.37. The molecular weight excluding hydrogens is 334 g/mol. The van der Waals surface area contributed by atoms with Gasteiger partial charge in [0, 0.05) is 17.5 Å². The van der Waals surface area contributed by atoms with Gasteiger partial charge in [-0.25, -0.2) is 0 Å². The number of rotatable bonds is 5. The van der Waals surface area contributed by atoms with E-state index >= 15 is 0 Å². The molecule has 132 valence electrons. The molecule has 7 heteroatoms. The van der Waals surface area contributed by atoms with E-state index < -0.39 is 11.8 Å². The Hall–Kier alpha value is -3.66.